The van der Waals surface area contributed by atoms with Crippen LogP contribution in [-0.4, -0.2) is 30.5 Å². The molecule has 0 aliphatic carbocycles. The number of carbonyl (C=O) groups is 2. The van der Waals surface area contributed by atoms with E-state index >= 15 is 0 Å². The maximum Gasteiger partial charge on any atom is 0.320 e. The van der Waals surface area contributed by atoms with Crippen LogP contribution in [0.2, 0.25) is 0 Å². The first-order valence-electron chi connectivity index (χ1n) is 3.49. The second kappa shape index (κ2) is 5.99. The molecule has 0 aromatic carbocycles. The molecule has 0 aromatic rings. The Morgan fingerprint density at radius 3 is 2.50 bits per heavy atom. The van der Waals surface area contributed by atoms with Crippen molar-refractivity contribution in [1.82, 2.24) is 0 Å². The van der Waals surface area contributed by atoms with Gasteiger partial charge < -0.3 is 9.47 Å². The molecule has 70 valence electrons. The van der Waals surface area contributed by atoms with E-state index in [1.807, 2.05) is 0 Å². The van der Waals surface area contributed by atoms with Gasteiger partial charge in [-0.15, -0.1) is 0 Å². The molecule has 0 N–H and O–H groups in total. The van der Waals surface area contributed by atoms with Gasteiger partial charge in [-0.1, -0.05) is 15.9 Å². The maximum absolute atomic E-state index is 10.9. The Kier molecular flexibility index (Phi) is 5.70. The van der Waals surface area contributed by atoms with E-state index in [-0.39, 0.29) is 6.42 Å². The average molecular weight is 239 g/mol. The normalized spacial score (nSPS) is 11.9. The van der Waals surface area contributed by atoms with Crippen LogP contribution in [0, 0.1) is 0 Å². The fraction of sp³-hybridized carbons (Fsp3) is 0.714. The number of rotatable bonds is 4. The molecule has 4 nitrogen and oxygen atoms in total. The van der Waals surface area contributed by atoms with E-state index in [1.54, 1.807) is 6.92 Å². The molecule has 0 aromatic heterocycles. The summed E-state index contributed by atoms with van der Waals surface area (Å²) < 4.78 is 9.03. The molecule has 1 unspecified atom stereocenters. The SMILES string of the molecule is CCOC(=O)C(Br)CC(=O)OC. The first-order valence-corrected chi connectivity index (χ1v) is 4.40. The lowest BCUT2D eigenvalue weighted by Gasteiger charge is -2.06. The molecule has 1 atom stereocenters. The number of ether oxygens (including phenoxy) is 2. The Bertz CT molecular complexity index is 169. The fourth-order valence-electron chi connectivity index (χ4n) is 0.546. The van der Waals surface area contributed by atoms with E-state index < -0.39 is 16.8 Å². The molecule has 0 amide bonds. The minimum absolute atomic E-state index is 0.00463. The summed E-state index contributed by atoms with van der Waals surface area (Å²) in [6, 6.07) is 0. The first-order chi connectivity index (χ1) is 5.61. The zero-order valence-corrected chi connectivity index (χ0v) is 8.59. The Morgan fingerprint density at radius 1 is 1.50 bits per heavy atom. The van der Waals surface area contributed by atoms with E-state index in [0.717, 1.165) is 0 Å². The summed E-state index contributed by atoms with van der Waals surface area (Å²) in [5.41, 5.74) is 0. The van der Waals surface area contributed by atoms with Gasteiger partial charge >= 0.3 is 11.9 Å². The number of hydrogen-bond donors (Lipinski definition) is 0. The zero-order chi connectivity index (χ0) is 9.56. The second-order valence-electron chi connectivity index (χ2n) is 2.00. The quantitative estimate of drug-likeness (QED) is 0.539. The van der Waals surface area contributed by atoms with Gasteiger partial charge in [0.1, 0.15) is 4.83 Å². The highest BCUT2D eigenvalue weighted by atomic mass is 79.9. The monoisotopic (exact) mass is 238 g/mol. The van der Waals surface area contributed by atoms with Crippen molar-refractivity contribution in [3.05, 3.63) is 0 Å². The highest BCUT2D eigenvalue weighted by Gasteiger charge is 2.19. The van der Waals surface area contributed by atoms with Crippen molar-refractivity contribution >= 4 is 27.9 Å². The zero-order valence-electron chi connectivity index (χ0n) is 7.00. The van der Waals surface area contributed by atoms with Gasteiger partial charge in [-0.3, -0.25) is 9.59 Å². The molecule has 0 spiro atoms. The van der Waals surface area contributed by atoms with Crippen LogP contribution >= 0.6 is 15.9 Å². The molecular weight excluding hydrogens is 228 g/mol. The highest BCUT2D eigenvalue weighted by Crippen LogP contribution is 2.08. The van der Waals surface area contributed by atoms with Crippen molar-refractivity contribution in [2.75, 3.05) is 13.7 Å². The number of hydrogen-bond acceptors (Lipinski definition) is 4. The lowest BCUT2D eigenvalue weighted by atomic mass is 10.3. The summed E-state index contributed by atoms with van der Waals surface area (Å²) >= 11 is 3.01. The molecule has 0 aliphatic rings. The molecule has 12 heavy (non-hydrogen) atoms. The smallest absolute Gasteiger partial charge is 0.320 e. The molecular formula is C7H11BrO4. The Labute approximate surface area is 79.3 Å². The minimum Gasteiger partial charge on any atom is -0.469 e. The number of methoxy groups -OCH3 is 1. The molecule has 0 saturated heterocycles. The Hall–Kier alpha value is -0.580. The third-order valence-corrected chi connectivity index (χ3v) is 1.81. The number of alkyl halides is 1. The van der Waals surface area contributed by atoms with Gasteiger partial charge in [-0.05, 0) is 6.92 Å². The van der Waals surface area contributed by atoms with Gasteiger partial charge in [-0.25, -0.2) is 0 Å². The van der Waals surface area contributed by atoms with Gasteiger partial charge in [0.25, 0.3) is 0 Å². The predicted molar refractivity (Wildman–Crippen MR) is 46.0 cm³/mol. The van der Waals surface area contributed by atoms with Crippen LogP contribution in [0.1, 0.15) is 13.3 Å². The van der Waals surface area contributed by atoms with Crippen LogP contribution in [-0.2, 0) is 19.1 Å². The number of esters is 2. The van der Waals surface area contributed by atoms with Crippen molar-refractivity contribution in [1.29, 1.82) is 0 Å². The average Bonchev–Trinajstić information content (AvgIpc) is 2.04. The standard InChI is InChI=1S/C7H11BrO4/c1-3-12-7(10)5(8)4-6(9)11-2/h5H,3-4H2,1-2H3. The highest BCUT2D eigenvalue weighted by molar-refractivity contribution is 9.10. The minimum atomic E-state index is -0.607. The van der Waals surface area contributed by atoms with E-state index in [0.29, 0.717) is 6.61 Å². The van der Waals surface area contributed by atoms with Crippen molar-refractivity contribution in [2.24, 2.45) is 0 Å². The van der Waals surface area contributed by atoms with Crippen LogP contribution in [0.3, 0.4) is 0 Å². The van der Waals surface area contributed by atoms with E-state index in [4.69, 9.17) is 0 Å². The molecule has 0 radical (unpaired) electrons. The fourth-order valence-corrected chi connectivity index (χ4v) is 0.942. The van der Waals surface area contributed by atoms with Gasteiger partial charge in [0.05, 0.1) is 20.1 Å². The van der Waals surface area contributed by atoms with Crippen LogP contribution in [0.15, 0.2) is 0 Å². The third kappa shape index (κ3) is 4.33. The number of halogens is 1. The van der Waals surface area contributed by atoms with Crippen molar-refractivity contribution in [3.63, 3.8) is 0 Å². The summed E-state index contributed by atoms with van der Waals surface area (Å²) in [4.78, 5) is 21.0. The van der Waals surface area contributed by atoms with Crippen molar-refractivity contribution in [3.8, 4) is 0 Å². The Balaban J connectivity index is 3.78. The molecule has 0 rings (SSSR count). The molecule has 0 bridgehead atoms. The first kappa shape index (κ1) is 11.4. The largest absolute Gasteiger partial charge is 0.469 e. The van der Waals surface area contributed by atoms with Gasteiger partial charge in [0.15, 0.2) is 0 Å². The van der Waals surface area contributed by atoms with Gasteiger partial charge in [0.2, 0.25) is 0 Å². The summed E-state index contributed by atoms with van der Waals surface area (Å²) in [6.07, 6.45) is -0.00463. The molecule has 0 fully saturated rings. The van der Waals surface area contributed by atoms with Gasteiger partial charge in [0, 0.05) is 0 Å². The van der Waals surface area contributed by atoms with Crippen molar-refractivity contribution < 1.29 is 19.1 Å². The molecule has 0 saturated carbocycles. The molecule has 0 heterocycles. The molecule has 5 heteroatoms. The predicted octanol–water partition coefficient (Wildman–Crippen LogP) is 0.876. The van der Waals surface area contributed by atoms with Crippen LogP contribution in [0.4, 0.5) is 0 Å². The third-order valence-electron chi connectivity index (χ3n) is 1.12. The van der Waals surface area contributed by atoms with Crippen molar-refractivity contribution in [2.45, 2.75) is 18.2 Å². The summed E-state index contributed by atoms with van der Waals surface area (Å²) in [6.45, 7) is 2.01. The van der Waals surface area contributed by atoms with Crippen LogP contribution < -0.4 is 0 Å². The van der Waals surface area contributed by atoms with E-state index in [1.165, 1.54) is 7.11 Å². The lowest BCUT2D eigenvalue weighted by Crippen LogP contribution is -2.21. The van der Waals surface area contributed by atoms with E-state index in [9.17, 15) is 9.59 Å². The van der Waals surface area contributed by atoms with Crippen LogP contribution in [0.5, 0.6) is 0 Å². The maximum atomic E-state index is 10.9. The van der Waals surface area contributed by atoms with Gasteiger partial charge in [-0.2, -0.15) is 0 Å². The summed E-state index contributed by atoms with van der Waals surface area (Å²) in [5, 5.41) is 0. The lowest BCUT2D eigenvalue weighted by molar-refractivity contribution is -0.147. The second-order valence-corrected chi connectivity index (χ2v) is 3.11. The van der Waals surface area contributed by atoms with E-state index in [2.05, 4.69) is 25.4 Å². The number of carbonyl (C=O) groups excluding carboxylic acids is 2. The van der Waals surface area contributed by atoms with Crippen LogP contribution in [0.25, 0.3) is 0 Å². The summed E-state index contributed by atoms with van der Waals surface area (Å²) in [7, 11) is 1.27. The molecule has 0 aliphatic heterocycles. The summed E-state index contributed by atoms with van der Waals surface area (Å²) in [5.74, 6) is -0.882. The Morgan fingerprint density at radius 2 is 2.08 bits per heavy atom. The topological polar surface area (TPSA) is 52.6 Å².